The molecule has 0 amide bonds. The van der Waals surface area contributed by atoms with Crippen LogP contribution in [0, 0.1) is 0 Å². The van der Waals surface area contributed by atoms with Crippen LogP contribution >= 0.6 is 35.1 Å². The van der Waals surface area contributed by atoms with Crippen LogP contribution in [0.25, 0.3) is 11.6 Å². The quantitative estimate of drug-likeness (QED) is 0.224. The molecule has 0 atom stereocenters. The minimum absolute atomic E-state index is 0. The number of esters is 1. The van der Waals surface area contributed by atoms with Gasteiger partial charge in [0.2, 0.25) is 0 Å². The summed E-state index contributed by atoms with van der Waals surface area (Å²) in [5, 5.41) is 1.80. The molecule has 2 aromatic carbocycles. The van der Waals surface area contributed by atoms with Gasteiger partial charge < -0.3 is 21.3 Å². The van der Waals surface area contributed by atoms with Crippen LogP contribution in [0.5, 0.6) is 0 Å². The fourth-order valence-electron chi connectivity index (χ4n) is 2.01. The maximum Gasteiger partial charge on any atom is 0.302 e. The maximum atomic E-state index is 10.8. The van der Waals surface area contributed by atoms with Gasteiger partial charge in [0.05, 0.1) is 0 Å². The topological polar surface area (TPSA) is 77.1 Å². The number of carbonyl (C=O) groups is 1. The summed E-state index contributed by atoms with van der Waals surface area (Å²) >= 11 is 9.03. The summed E-state index contributed by atoms with van der Waals surface area (Å²) in [6, 6.07) is 13.2. The summed E-state index contributed by atoms with van der Waals surface area (Å²) in [4.78, 5) is 12.9. The van der Waals surface area contributed by atoms with E-state index >= 15 is 0 Å². The molecule has 0 bridgehead atoms. The number of rotatable bonds is 6. The zero-order valence-corrected chi connectivity index (χ0v) is 22.5. The first kappa shape index (κ1) is 28.6. The van der Waals surface area contributed by atoms with Crippen LogP contribution in [0.1, 0.15) is 20.8 Å². The fourth-order valence-corrected chi connectivity index (χ4v) is 3.65. The van der Waals surface area contributed by atoms with Crippen molar-refractivity contribution in [3.63, 3.8) is 0 Å². The molecule has 0 fully saturated rings. The molecule has 0 aliphatic heterocycles. The van der Waals surface area contributed by atoms with Crippen molar-refractivity contribution in [1.29, 1.82) is 0 Å². The molecule has 0 aromatic heterocycles. The van der Waals surface area contributed by atoms with Gasteiger partial charge in [0.1, 0.15) is 6.61 Å². The molecule has 1 radical (unpaired) electrons. The van der Waals surface area contributed by atoms with Crippen LogP contribution < -0.4 is 5.01 Å². The molecular weight excluding hydrogens is 503 g/mol. The number of thioether (sulfide) groups is 2. The first-order valence-electron chi connectivity index (χ1n) is 8.46. The van der Waals surface area contributed by atoms with Crippen LogP contribution in [-0.4, -0.2) is 30.6 Å². The zero-order valence-electron chi connectivity index (χ0n) is 17.3. The molecule has 0 heterocycles. The van der Waals surface area contributed by atoms with Gasteiger partial charge in [0.25, 0.3) is 0 Å². The molecule has 9 heteroatoms. The van der Waals surface area contributed by atoms with Gasteiger partial charge >= 0.3 is 5.97 Å². The minimum Gasteiger partial charge on any atom is -0.697 e. The summed E-state index contributed by atoms with van der Waals surface area (Å²) in [6.07, 6.45) is 2.03. The van der Waals surface area contributed by atoms with Crippen molar-refractivity contribution < 1.29 is 42.2 Å². The Morgan fingerprint density at radius 1 is 1.21 bits per heavy atom. The number of ether oxygens (including phenoxy) is 1. The monoisotopic (exact) mass is 528 g/mol. The van der Waals surface area contributed by atoms with E-state index in [0.29, 0.717) is 17.3 Å². The number of hydrogen-bond acceptors (Lipinski definition) is 5. The summed E-state index contributed by atoms with van der Waals surface area (Å²) < 4.78 is 4.77. The smallest absolute Gasteiger partial charge is 0.302 e. The average Bonchev–Trinajstić information content (AvgIpc) is 2.63. The minimum atomic E-state index is -0.282. The molecule has 0 spiro atoms. The summed E-state index contributed by atoms with van der Waals surface area (Å²) in [5.41, 5.74) is 8.84. The number of carbonyl (C=O) groups excluding carboxylic acids is 1. The second-order valence-electron chi connectivity index (χ2n) is 6.54. The molecule has 0 saturated heterocycles. The molecule has 5 nitrogen and oxygen atoms in total. The van der Waals surface area contributed by atoms with Crippen LogP contribution in [-0.2, 0) is 42.2 Å². The number of halogens is 1. The Hall–Kier alpha value is -0.436. The third kappa shape index (κ3) is 11.5. The van der Waals surface area contributed by atoms with E-state index in [1.807, 2.05) is 50.4 Å². The van der Waals surface area contributed by atoms with Crippen molar-refractivity contribution in [2.75, 3.05) is 24.9 Å². The molecular formula is C20H26ClN3O2S2Y-2. The number of benzene rings is 2. The molecule has 2 N–H and O–H groups in total. The van der Waals surface area contributed by atoms with E-state index in [0.717, 1.165) is 10.6 Å². The van der Waals surface area contributed by atoms with Gasteiger partial charge in [-0.3, -0.25) is 4.79 Å². The van der Waals surface area contributed by atoms with E-state index < -0.39 is 0 Å². The SMILES string of the molecule is CC(=O)OCC(C)(C)Sc1ccc(Cl)c([NH-])c1.CSc1cccc(N(C)[NH-])c1.[Y]. The molecule has 29 heavy (non-hydrogen) atoms. The molecule has 2 rings (SSSR count). The summed E-state index contributed by atoms with van der Waals surface area (Å²) in [6.45, 7) is 5.70. The predicted molar refractivity (Wildman–Crippen MR) is 123 cm³/mol. The Morgan fingerprint density at radius 2 is 1.86 bits per heavy atom. The number of anilines is 1. The predicted octanol–water partition coefficient (Wildman–Crippen LogP) is 7.27. The van der Waals surface area contributed by atoms with Crippen molar-refractivity contribution in [3.8, 4) is 0 Å². The van der Waals surface area contributed by atoms with Crippen LogP contribution in [0.15, 0.2) is 52.3 Å². The third-order valence-corrected chi connectivity index (χ3v) is 5.61. The van der Waals surface area contributed by atoms with Gasteiger partial charge in [0.15, 0.2) is 0 Å². The van der Waals surface area contributed by atoms with E-state index in [-0.39, 0.29) is 43.4 Å². The molecule has 157 valence electrons. The Kier molecular flexibility index (Phi) is 13.6. The van der Waals surface area contributed by atoms with Crippen molar-refractivity contribution >= 4 is 52.5 Å². The first-order valence-corrected chi connectivity index (χ1v) is 10.9. The van der Waals surface area contributed by atoms with E-state index in [1.165, 1.54) is 16.8 Å². The van der Waals surface area contributed by atoms with Crippen molar-refractivity contribution in [2.24, 2.45) is 0 Å². The normalized spacial score (nSPS) is 10.3. The molecule has 0 aliphatic carbocycles. The van der Waals surface area contributed by atoms with E-state index in [2.05, 4.69) is 0 Å². The Morgan fingerprint density at radius 3 is 2.38 bits per heavy atom. The number of hydrogen-bond donors (Lipinski definition) is 0. The summed E-state index contributed by atoms with van der Waals surface area (Å²) in [5.74, 6) is 7.03. The second kappa shape index (κ2) is 13.8. The Balaban J connectivity index is 0.000000568. The number of nitrogens with one attached hydrogen (secondary N) is 2. The van der Waals surface area contributed by atoms with Gasteiger partial charge in [-0.05, 0) is 57.5 Å². The van der Waals surface area contributed by atoms with Crippen molar-refractivity contribution in [3.05, 3.63) is 59.1 Å². The Labute approximate surface area is 212 Å². The molecule has 0 unspecified atom stereocenters. The summed E-state index contributed by atoms with van der Waals surface area (Å²) in [7, 11) is 1.72. The first-order chi connectivity index (χ1) is 13.0. The van der Waals surface area contributed by atoms with Gasteiger partial charge in [-0.15, -0.1) is 29.2 Å². The largest absolute Gasteiger partial charge is 0.697 e. The van der Waals surface area contributed by atoms with Crippen molar-refractivity contribution in [1.82, 2.24) is 0 Å². The Bertz CT molecular complexity index is 792. The van der Waals surface area contributed by atoms with Crippen LogP contribution in [0.2, 0.25) is 5.02 Å². The molecule has 0 aliphatic rings. The second-order valence-corrected chi connectivity index (χ2v) is 9.61. The van der Waals surface area contributed by atoms with Crippen LogP contribution in [0.3, 0.4) is 0 Å². The van der Waals surface area contributed by atoms with E-state index in [1.54, 1.807) is 42.7 Å². The van der Waals surface area contributed by atoms with Gasteiger partial charge in [0, 0.05) is 64.9 Å². The maximum absolute atomic E-state index is 10.8. The van der Waals surface area contributed by atoms with Crippen molar-refractivity contribution in [2.45, 2.75) is 35.3 Å². The zero-order chi connectivity index (χ0) is 21.3. The third-order valence-electron chi connectivity index (χ3n) is 3.40. The van der Waals surface area contributed by atoms with Crippen LogP contribution in [0.4, 0.5) is 11.4 Å². The van der Waals surface area contributed by atoms with Gasteiger partial charge in [-0.25, -0.2) is 0 Å². The average molecular weight is 529 g/mol. The van der Waals surface area contributed by atoms with E-state index in [4.69, 9.17) is 27.9 Å². The van der Waals surface area contributed by atoms with Gasteiger partial charge in [-0.1, -0.05) is 23.7 Å². The standard InChI is InChI=1S/C12H15ClNO2S.C8H11N2S.Y/c1-8(15)16-7-12(2,3)17-9-4-5-10(13)11(14)6-9;1-10(9)7-4-3-5-8(6-7)11-2;/h4-6,14H,7H2,1-3H3;3-6,9H,1-2H3;/q2*-1;. The van der Waals surface area contributed by atoms with Gasteiger partial charge in [-0.2, -0.15) is 0 Å². The molecule has 2 aromatic rings. The molecule has 0 saturated carbocycles. The fraction of sp³-hybridized carbons (Fsp3) is 0.350. The number of nitrogens with zero attached hydrogens (tertiary/aromatic N) is 1. The van der Waals surface area contributed by atoms with E-state index in [9.17, 15) is 4.79 Å².